The molecular formula is C17H30N2O. The summed E-state index contributed by atoms with van der Waals surface area (Å²) in [7, 11) is 1.72. The highest BCUT2D eigenvalue weighted by molar-refractivity contribution is 5.40. The Morgan fingerprint density at radius 3 is 2.50 bits per heavy atom. The van der Waals surface area contributed by atoms with Crippen molar-refractivity contribution in [3.05, 3.63) is 23.0 Å². The lowest BCUT2D eigenvalue weighted by Gasteiger charge is -2.16. The maximum atomic E-state index is 5.45. The van der Waals surface area contributed by atoms with E-state index in [1.165, 1.54) is 19.3 Å². The van der Waals surface area contributed by atoms with Crippen molar-refractivity contribution in [3.8, 4) is 5.75 Å². The number of rotatable bonds is 8. The molecule has 114 valence electrons. The van der Waals surface area contributed by atoms with E-state index in [9.17, 15) is 0 Å². The molecule has 0 amide bonds. The molecule has 0 bridgehead atoms. The van der Waals surface area contributed by atoms with Crippen LogP contribution in [-0.2, 0) is 6.54 Å². The number of nitrogens with zero attached hydrogens (tertiary/aromatic N) is 1. The van der Waals surface area contributed by atoms with Gasteiger partial charge in [-0.05, 0) is 33.1 Å². The van der Waals surface area contributed by atoms with E-state index in [0.717, 1.165) is 35.0 Å². The number of pyridine rings is 1. The highest BCUT2D eigenvalue weighted by atomic mass is 16.5. The van der Waals surface area contributed by atoms with Crippen LogP contribution in [0.25, 0.3) is 0 Å². The molecule has 0 aliphatic rings. The van der Waals surface area contributed by atoms with Crippen LogP contribution >= 0.6 is 0 Å². The van der Waals surface area contributed by atoms with E-state index < -0.39 is 0 Å². The molecule has 20 heavy (non-hydrogen) atoms. The first-order chi connectivity index (χ1) is 9.45. The maximum Gasteiger partial charge on any atom is 0.128 e. The summed E-state index contributed by atoms with van der Waals surface area (Å²) >= 11 is 0. The van der Waals surface area contributed by atoms with Crippen molar-refractivity contribution in [1.82, 2.24) is 10.3 Å². The lowest BCUT2D eigenvalue weighted by Crippen LogP contribution is -2.26. The molecule has 0 fully saturated rings. The van der Waals surface area contributed by atoms with Crippen molar-refractivity contribution >= 4 is 0 Å². The van der Waals surface area contributed by atoms with Gasteiger partial charge in [0, 0.05) is 29.9 Å². The van der Waals surface area contributed by atoms with Crippen molar-refractivity contribution in [2.24, 2.45) is 5.92 Å². The summed E-state index contributed by atoms with van der Waals surface area (Å²) in [5.41, 5.74) is 3.33. The molecule has 0 aromatic carbocycles. The molecule has 1 rings (SSSR count). The number of ether oxygens (including phenoxy) is 1. The number of hydrogen-bond donors (Lipinski definition) is 1. The standard InChI is InChI=1S/C17H30N2O/c1-12(2)8-7-9-14(4)18-11-16-15(5)17(20-6)13(3)10-19-16/h10,12,14,18H,7-9,11H2,1-6H3. The molecule has 1 heterocycles. The molecule has 1 N–H and O–H groups in total. The number of aromatic nitrogens is 1. The zero-order valence-electron chi connectivity index (χ0n) is 13.9. The third-order valence-electron chi connectivity index (χ3n) is 3.79. The van der Waals surface area contributed by atoms with Gasteiger partial charge < -0.3 is 10.1 Å². The van der Waals surface area contributed by atoms with Gasteiger partial charge in [0.15, 0.2) is 0 Å². The molecule has 1 aromatic rings. The molecule has 0 saturated carbocycles. The first-order valence-corrected chi connectivity index (χ1v) is 7.68. The zero-order valence-corrected chi connectivity index (χ0v) is 13.9. The molecule has 1 atom stereocenters. The van der Waals surface area contributed by atoms with Gasteiger partial charge in [-0.1, -0.05) is 26.7 Å². The minimum absolute atomic E-state index is 0.530. The molecule has 0 radical (unpaired) electrons. The molecular weight excluding hydrogens is 248 g/mol. The van der Waals surface area contributed by atoms with Crippen LogP contribution in [-0.4, -0.2) is 18.1 Å². The topological polar surface area (TPSA) is 34.1 Å². The van der Waals surface area contributed by atoms with Crippen molar-refractivity contribution in [2.45, 2.75) is 66.5 Å². The Labute approximate surface area is 124 Å². The van der Waals surface area contributed by atoms with Crippen LogP contribution < -0.4 is 10.1 Å². The van der Waals surface area contributed by atoms with Crippen LogP contribution in [0, 0.1) is 19.8 Å². The molecule has 0 aliphatic heterocycles. The van der Waals surface area contributed by atoms with Crippen molar-refractivity contribution in [3.63, 3.8) is 0 Å². The number of hydrogen-bond acceptors (Lipinski definition) is 3. The van der Waals surface area contributed by atoms with E-state index in [1.54, 1.807) is 7.11 Å². The second-order valence-corrected chi connectivity index (χ2v) is 6.15. The molecule has 3 nitrogen and oxygen atoms in total. The van der Waals surface area contributed by atoms with Gasteiger partial charge >= 0.3 is 0 Å². The van der Waals surface area contributed by atoms with E-state index in [4.69, 9.17) is 4.74 Å². The number of nitrogens with one attached hydrogen (secondary N) is 1. The van der Waals surface area contributed by atoms with Gasteiger partial charge in [-0.3, -0.25) is 4.98 Å². The average molecular weight is 278 g/mol. The predicted molar refractivity (Wildman–Crippen MR) is 85.3 cm³/mol. The average Bonchev–Trinajstić information content (AvgIpc) is 2.38. The van der Waals surface area contributed by atoms with Gasteiger partial charge in [0.05, 0.1) is 12.8 Å². The lowest BCUT2D eigenvalue weighted by molar-refractivity contribution is 0.405. The Hall–Kier alpha value is -1.09. The van der Waals surface area contributed by atoms with Gasteiger partial charge in [0.25, 0.3) is 0 Å². The van der Waals surface area contributed by atoms with Gasteiger partial charge in [0.1, 0.15) is 5.75 Å². The zero-order chi connectivity index (χ0) is 15.1. The van der Waals surface area contributed by atoms with E-state index in [-0.39, 0.29) is 0 Å². The first kappa shape index (κ1) is 17.0. The smallest absolute Gasteiger partial charge is 0.128 e. The second-order valence-electron chi connectivity index (χ2n) is 6.15. The molecule has 1 aromatic heterocycles. The van der Waals surface area contributed by atoms with Gasteiger partial charge in [-0.25, -0.2) is 0 Å². The van der Waals surface area contributed by atoms with Crippen LogP contribution in [0.4, 0.5) is 0 Å². The van der Waals surface area contributed by atoms with Crippen LogP contribution in [0.2, 0.25) is 0 Å². The van der Waals surface area contributed by atoms with Gasteiger partial charge in [-0.2, -0.15) is 0 Å². The Bertz CT molecular complexity index is 416. The molecule has 1 unspecified atom stereocenters. The quantitative estimate of drug-likeness (QED) is 0.780. The number of methoxy groups -OCH3 is 1. The van der Waals surface area contributed by atoms with E-state index >= 15 is 0 Å². The summed E-state index contributed by atoms with van der Waals surface area (Å²) in [6.45, 7) is 11.7. The fourth-order valence-corrected chi connectivity index (χ4v) is 2.45. The lowest BCUT2D eigenvalue weighted by atomic mass is 10.0. The maximum absolute atomic E-state index is 5.45. The summed E-state index contributed by atoms with van der Waals surface area (Å²) in [5.74, 6) is 1.76. The van der Waals surface area contributed by atoms with E-state index in [1.807, 2.05) is 13.1 Å². The number of aryl methyl sites for hydroxylation is 1. The Morgan fingerprint density at radius 2 is 1.90 bits per heavy atom. The predicted octanol–water partition coefficient (Wildman–Crippen LogP) is 4.01. The summed E-state index contributed by atoms with van der Waals surface area (Å²) in [6, 6.07) is 0.530. The Morgan fingerprint density at radius 1 is 1.20 bits per heavy atom. The summed E-state index contributed by atoms with van der Waals surface area (Å²) in [4.78, 5) is 4.52. The fraction of sp³-hybridized carbons (Fsp3) is 0.706. The van der Waals surface area contributed by atoms with E-state index in [0.29, 0.717) is 6.04 Å². The molecule has 3 heteroatoms. The summed E-state index contributed by atoms with van der Waals surface area (Å²) in [5, 5.41) is 3.57. The van der Waals surface area contributed by atoms with Crippen LogP contribution in [0.3, 0.4) is 0 Å². The highest BCUT2D eigenvalue weighted by Gasteiger charge is 2.10. The van der Waals surface area contributed by atoms with Crippen LogP contribution in [0.1, 0.15) is 56.9 Å². The van der Waals surface area contributed by atoms with E-state index in [2.05, 4.69) is 38.0 Å². The third kappa shape index (κ3) is 5.12. The normalized spacial score (nSPS) is 12.8. The first-order valence-electron chi connectivity index (χ1n) is 7.68. The Kier molecular flexibility index (Phi) is 7.00. The molecule has 0 spiro atoms. The minimum Gasteiger partial charge on any atom is -0.496 e. The second kappa shape index (κ2) is 8.25. The summed E-state index contributed by atoms with van der Waals surface area (Å²) in [6.07, 6.45) is 5.71. The Balaban J connectivity index is 2.49. The van der Waals surface area contributed by atoms with Crippen molar-refractivity contribution < 1.29 is 4.74 Å². The molecule has 0 aliphatic carbocycles. The van der Waals surface area contributed by atoms with Gasteiger partial charge in [-0.15, -0.1) is 0 Å². The third-order valence-corrected chi connectivity index (χ3v) is 3.79. The van der Waals surface area contributed by atoms with Crippen molar-refractivity contribution in [1.29, 1.82) is 0 Å². The SMILES string of the molecule is COc1c(C)cnc(CNC(C)CCCC(C)C)c1C. The van der Waals surface area contributed by atoms with Crippen LogP contribution in [0.5, 0.6) is 5.75 Å². The van der Waals surface area contributed by atoms with Crippen molar-refractivity contribution in [2.75, 3.05) is 7.11 Å². The minimum atomic E-state index is 0.530. The molecule has 0 saturated heterocycles. The highest BCUT2D eigenvalue weighted by Crippen LogP contribution is 2.23. The largest absolute Gasteiger partial charge is 0.496 e. The van der Waals surface area contributed by atoms with Crippen LogP contribution in [0.15, 0.2) is 6.20 Å². The monoisotopic (exact) mass is 278 g/mol. The summed E-state index contributed by atoms with van der Waals surface area (Å²) < 4.78 is 5.45. The fourth-order valence-electron chi connectivity index (χ4n) is 2.45. The van der Waals surface area contributed by atoms with Gasteiger partial charge in [0.2, 0.25) is 0 Å².